The number of carboxylic acids is 1. The highest BCUT2D eigenvalue weighted by Crippen LogP contribution is 1.72. The van der Waals surface area contributed by atoms with Crippen molar-refractivity contribution in [2.24, 2.45) is 0 Å². The predicted molar refractivity (Wildman–Crippen MR) is 36.4 cm³/mol. The lowest BCUT2D eigenvalue weighted by Gasteiger charge is -1.94. The van der Waals surface area contributed by atoms with E-state index in [2.05, 4.69) is 5.32 Å². The summed E-state index contributed by atoms with van der Waals surface area (Å²) in [6.45, 7) is 2.36. The van der Waals surface area contributed by atoms with E-state index < -0.39 is 5.97 Å². The van der Waals surface area contributed by atoms with Crippen molar-refractivity contribution in [3.05, 3.63) is 12.5 Å². The van der Waals surface area contributed by atoms with Gasteiger partial charge in [0.1, 0.15) is 6.54 Å². The van der Waals surface area contributed by atoms with Gasteiger partial charge < -0.3 is 15.2 Å². The smallest absolute Gasteiger partial charge is 0.322 e. The zero-order chi connectivity index (χ0) is 7.82. The molecule has 0 heterocycles. The van der Waals surface area contributed by atoms with Crippen LogP contribution in [0.1, 0.15) is 6.92 Å². The molecule has 0 unspecified atom stereocenters. The normalized spacial score (nSPS) is 9.70. The minimum Gasteiger partial charge on any atom is -0.500 e. The van der Waals surface area contributed by atoms with Crippen LogP contribution in [0.2, 0.25) is 0 Å². The van der Waals surface area contributed by atoms with Gasteiger partial charge in [-0.3, -0.25) is 4.79 Å². The van der Waals surface area contributed by atoms with E-state index in [1.54, 1.807) is 0 Å². The highest BCUT2D eigenvalue weighted by atomic mass is 16.5. The van der Waals surface area contributed by atoms with Crippen molar-refractivity contribution in [1.82, 2.24) is 5.32 Å². The summed E-state index contributed by atoms with van der Waals surface area (Å²) >= 11 is 0. The number of carboxylic acid groups (broad SMARTS) is 1. The van der Waals surface area contributed by atoms with Gasteiger partial charge in [0.15, 0.2) is 0 Å². The fourth-order valence-electron chi connectivity index (χ4n) is 0.339. The van der Waals surface area contributed by atoms with Gasteiger partial charge in [0.05, 0.1) is 12.9 Å². The van der Waals surface area contributed by atoms with Crippen LogP contribution < -0.4 is 5.32 Å². The molecule has 0 aromatic carbocycles. The summed E-state index contributed by atoms with van der Waals surface area (Å²) in [5.74, 6) is -0.888. The van der Waals surface area contributed by atoms with Crippen LogP contribution in [0.3, 0.4) is 0 Å². The van der Waals surface area contributed by atoms with Crippen LogP contribution in [-0.4, -0.2) is 24.2 Å². The molecule has 0 amide bonds. The minimum absolute atomic E-state index is 0.0798. The molecular formula is C6H11NO3. The standard InChI is InChI=1S/C6H11NO3/c1-2-10-4-3-7-5-6(8)9/h3-4,7H,2,5H2,1H3,(H,8,9). The molecule has 0 aliphatic heterocycles. The third-order valence-electron chi connectivity index (χ3n) is 0.702. The first-order chi connectivity index (χ1) is 4.77. The van der Waals surface area contributed by atoms with Crippen molar-refractivity contribution in [3.8, 4) is 0 Å². The predicted octanol–water partition coefficient (Wildman–Crippen LogP) is 0.168. The van der Waals surface area contributed by atoms with E-state index >= 15 is 0 Å². The Hall–Kier alpha value is -1.19. The monoisotopic (exact) mass is 145 g/mol. The van der Waals surface area contributed by atoms with Gasteiger partial charge in [0.25, 0.3) is 0 Å². The van der Waals surface area contributed by atoms with Crippen LogP contribution in [0.15, 0.2) is 12.5 Å². The zero-order valence-corrected chi connectivity index (χ0v) is 5.83. The van der Waals surface area contributed by atoms with Gasteiger partial charge in [-0.2, -0.15) is 0 Å². The van der Waals surface area contributed by atoms with Crippen LogP contribution in [0.4, 0.5) is 0 Å². The van der Waals surface area contributed by atoms with Crippen LogP contribution in [0.5, 0.6) is 0 Å². The van der Waals surface area contributed by atoms with E-state index in [-0.39, 0.29) is 6.54 Å². The summed E-state index contributed by atoms with van der Waals surface area (Å²) in [5.41, 5.74) is 0. The highest BCUT2D eigenvalue weighted by Gasteiger charge is 1.88. The molecule has 0 radical (unpaired) electrons. The molecule has 0 atom stereocenters. The molecular weight excluding hydrogens is 134 g/mol. The molecule has 0 aliphatic rings. The Labute approximate surface area is 59.5 Å². The van der Waals surface area contributed by atoms with E-state index in [0.717, 1.165) is 0 Å². The summed E-state index contributed by atoms with van der Waals surface area (Å²) in [6.07, 6.45) is 2.88. The number of nitrogens with one attached hydrogen (secondary N) is 1. The topological polar surface area (TPSA) is 58.6 Å². The summed E-state index contributed by atoms with van der Waals surface area (Å²) < 4.78 is 4.78. The molecule has 0 saturated carbocycles. The van der Waals surface area contributed by atoms with E-state index in [1.165, 1.54) is 12.5 Å². The molecule has 0 rings (SSSR count). The number of hydrogen-bond donors (Lipinski definition) is 2. The third-order valence-corrected chi connectivity index (χ3v) is 0.702. The first-order valence-corrected chi connectivity index (χ1v) is 2.99. The Kier molecular flexibility index (Phi) is 5.23. The average Bonchev–Trinajstić information content (AvgIpc) is 1.87. The molecule has 4 heteroatoms. The Bertz CT molecular complexity index is 122. The van der Waals surface area contributed by atoms with Gasteiger partial charge in [-0.1, -0.05) is 0 Å². The van der Waals surface area contributed by atoms with Gasteiger partial charge in [-0.05, 0) is 6.92 Å². The Morgan fingerprint density at radius 3 is 3.00 bits per heavy atom. The number of hydrogen-bond acceptors (Lipinski definition) is 3. The van der Waals surface area contributed by atoms with Crippen molar-refractivity contribution in [2.45, 2.75) is 6.92 Å². The lowest BCUT2D eigenvalue weighted by molar-refractivity contribution is -0.135. The van der Waals surface area contributed by atoms with Gasteiger partial charge in [-0.15, -0.1) is 0 Å². The molecule has 0 aromatic rings. The van der Waals surface area contributed by atoms with Crippen molar-refractivity contribution in [1.29, 1.82) is 0 Å². The number of rotatable bonds is 5. The minimum atomic E-state index is -0.888. The summed E-state index contributed by atoms with van der Waals surface area (Å²) in [5, 5.41) is 10.6. The van der Waals surface area contributed by atoms with Gasteiger partial charge in [0.2, 0.25) is 0 Å². The second-order valence-electron chi connectivity index (χ2n) is 1.53. The fraction of sp³-hybridized carbons (Fsp3) is 0.500. The maximum atomic E-state index is 9.89. The van der Waals surface area contributed by atoms with E-state index in [0.29, 0.717) is 6.61 Å². The molecule has 0 spiro atoms. The Morgan fingerprint density at radius 1 is 1.80 bits per heavy atom. The zero-order valence-electron chi connectivity index (χ0n) is 5.83. The summed E-state index contributed by atoms with van der Waals surface area (Å²) in [6, 6.07) is 0. The van der Waals surface area contributed by atoms with Crippen LogP contribution in [0, 0.1) is 0 Å². The molecule has 4 nitrogen and oxygen atoms in total. The average molecular weight is 145 g/mol. The van der Waals surface area contributed by atoms with Gasteiger partial charge in [0, 0.05) is 6.20 Å². The summed E-state index contributed by atoms with van der Waals surface area (Å²) in [7, 11) is 0. The lowest BCUT2D eigenvalue weighted by Crippen LogP contribution is -2.16. The van der Waals surface area contributed by atoms with Crippen LogP contribution in [-0.2, 0) is 9.53 Å². The molecule has 0 aromatic heterocycles. The fourth-order valence-corrected chi connectivity index (χ4v) is 0.339. The molecule has 0 bridgehead atoms. The number of aliphatic carboxylic acids is 1. The third kappa shape index (κ3) is 6.81. The Morgan fingerprint density at radius 2 is 2.50 bits per heavy atom. The Balaban J connectivity index is 3.10. The second kappa shape index (κ2) is 5.94. The van der Waals surface area contributed by atoms with E-state index in [1.807, 2.05) is 6.92 Å². The van der Waals surface area contributed by atoms with Crippen molar-refractivity contribution in [3.63, 3.8) is 0 Å². The molecule has 10 heavy (non-hydrogen) atoms. The number of ether oxygens (including phenoxy) is 1. The largest absolute Gasteiger partial charge is 0.500 e. The van der Waals surface area contributed by atoms with Crippen molar-refractivity contribution < 1.29 is 14.6 Å². The maximum Gasteiger partial charge on any atom is 0.322 e. The maximum absolute atomic E-state index is 9.89. The summed E-state index contributed by atoms with van der Waals surface area (Å²) in [4.78, 5) is 9.89. The van der Waals surface area contributed by atoms with E-state index in [9.17, 15) is 4.79 Å². The molecule has 0 saturated heterocycles. The first-order valence-electron chi connectivity index (χ1n) is 2.99. The van der Waals surface area contributed by atoms with Crippen molar-refractivity contribution in [2.75, 3.05) is 13.2 Å². The number of carbonyl (C=O) groups is 1. The SMILES string of the molecule is CCOC=CNCC(=O)O. The molecule has 0 fully saturated rings. The van der Waals surface area contributed by atoms with Crippen LogP contribution >= 0.6 is 0 Å². The van der Waals surface area contributed by atoms with Gasteiger partial charge >= 0.3 is 5.97 Å². The van der Waals surface area contributed by atoms with Crippen LogP contribution in [0.25, 0.3) is 0 Å². The van der Waals surface area contributed by atoms with Gasteiger partial charge in [-0.25, -0.2) is 0 Å². The molecule has 0 aliphatic carbocycles. The molecule has 58 valence electrons. The van der Waals surface area contributed by atoms with Crippen molar-refractivity contribution >= 4 is 5.97 Å². The highest BCUT2D eigenvalue weighted by molar-refractivity contribution is 5.69. The quantitative estimate of drug-likeness (QED) is 0.541. The second-order valence-corrected chi connectivity index (χ2v) is 1.53. The first kappa shape index (κ1) is 8.81. The van der Waals surface area contributed by atoms with E-state index in [4.69, 9.17) is 9.84 Å². The molecule has 2 N–H and O–H groups in total. The lowest BCUT2D eigenvalue weighted by atomic mass is 10.6.